The Morgan fingerprint density at radius 3 is 1.55 bits per heavy atom. The highest BCUT2D eigenvalue weighted by atomic mass is 16.5. The van der Waals surface area contributed by atoms with Crippen LogP contribution in [0.1, 0.15) is 38.8 Å². The fourth-order valence-electron chi connectivity index (χ4n) is 3.75. The number of benzene rings is 1. The van der Waals surface area contributed by atoms with Crippen molar-refractivity contribution in [3.8, 4) is 0 Å². The second kappa shape index (κ2) is 7.69. The molecule has 2 aliphatic rings. The van der Waals surface area contributed by atoms with Gasteiger partial charge >= 0.3 is 0 Å². The van der Waals surface area contributed by atoms with Crippen molar-refractivity contribution in [2.75, 3.05) is 13.2 Å². The highest BCUT2D eigenvalue weighted by molar-refractivity contribution is 6.09. The second-order valence-corrected chi connectivity index (χ2v) is 8.75. The summed E-state index contributed by atoms with van der Waals surface area (Å²) in [5, 5.41) is 2.18. The maximum absolute atomic E-state index is 6.31. The van der Waals surface area contributed by atoms with E-state index in [1.807, 2.05) is 12.2 Å². The number of nitrogens with zero attached hydrogens (tertiary/aromatic N) is 2. The molecule has 5 nitrogen and oxygen atoms in total. The third-order valence-corrected chi connectivity index (χ3v) is 5.77. The van der Waals surface area contributed by atoms with Gasteiger partial charge in [-0.15, -0.1) is 0 Å². The summed E-state index contributed by atoms with van der Waals surface area (Å²) in [6, 6.07) is 4.65. The highest BCUT2D eigenvalue weighted by Crippen LogP contribution is 2.19. The molecule has 3 heterocycles. The minimum absolute atomic E-state index is 0.200. The molecule has 1 aromatic heterocycles. The summed E-state index contributed by atoms with van der Waals surface area (Å²) in [6.07, 6.45) is 3.84. The fraction of sp³-hybridized carbons (Fsp3) is 0.500. The normalized spacial score (nSPS) is 23.2. The number of aryl methyl sites for hydroxylation is 2. The predicted octanol–water partition coefficient (Wildman–Crippen LogP) is 3.52. The number of hydrogen-bond acceptors (Lipinski definition) is 5. The van der Waals surface area contributed by atoms with E-state index in [1.54, 1.807) is 0 Å². The van der Waals surface area contributed by atoms with Crippen LogP contribution in [0.25, 0.3) is 22.9 Å². The van der Waals surface area contributed by atoms with E-state index in [-0.39, 0.29) is 12.1 Å². The molecule has 0 amide bonds. The van der Waals surface area contributed by atoms with Gasteiger partial charge in [-0.3, -0.25) is 0 Å². The lowest BCUT2D eigenvalue weighted by atomic mass is 10.0. The number of aliphatic imine (C=N–C) groups is 2. The van der Waals surface area contributed by atoms with Crippen LogP contribution >= 0.6 is 0 Å². The van der Waals surface area contributed by atoms with E-state index >= 15 is 0 Å². The molecule has 0 bridgehead atoms. The lowest BCUT2D eigenvalue weighted by Crippen LogP contribution is -2.13. The van der Waals surface area contributed by atoms with Gasteiger partial charge in [0.15, 0.2) is 0 Å². The monoisotopic (exact) mass is 394 g/mol. The van der Waals surface area contributed by atoms with Crippen molar-refractivity contribution in [3.05, 3.63) is 34.1 Å². The number of furan rings is 1. The zero-order valence-electron chi connectivity index (χ0n) is 18.2. The van der Waals surface area contributed by atoms with Gasteiger partial charge in [0.05, 0.1) is 12.1 Å². The third kappa shape index (κ3) is 3.83. The molecule has 0 radical (unpaired) electrons. The Morgan fingerprint density at radius 1 is 0.793 bits per heavy atom. The van der Waals surface area contributed by atoms with E-state index in [4.69, 9.17) is 23.9 Å². The lowest BCUT2D eigenvalue weighted by molar-refractivity contribution is 0.294. The van der Waals surface area contributed by atoms with Crippen molar-refractivity contribution in [2.45, 2.75) is 53.6 Å². The van der Waals surface area contributed by atoms with Crippen molar-refractivity contribution in [1.29, 1.82) is 0 Å². The van der Waals surface area contributed by atoms with Crippen LogP contribution in [0.4, 0.5) is 0 Å². The first-order chi connectivity index (χ1) is 13.8. The number of ether oxygens (including phenoxy) is 2. The third-order valence-electron chi connectivity index (χ3n) is 5.77. The van der Waals surface area contributed by atoms with E-state index in [0.29, 0.717) is 36.8 Å². The molecule has 29 heavy (non-hydrogen) atoms. The molecule has 0 aliphatic carbocycles. The Morgan fingerprint density at radius 2 is 1.21 bits per heavy atom. The van der Waals surface area contributed by atoms with Gasteiger partial charge in [-0.1, -0.05) is 39.8 Å². The standard InChI is InChI=1S/C24H30N2O3/c1-13(2)17-11-27-21(25-17)9-19-23-15(5)7-8-16(6)24(23)20(29-19)10-22-26-18(12-28-22)14(3)4/h7-10,13-14,17-18H,11-12H2,1-6H3/b19-9-,20-10-/t17-,18-/m1/s1. The molecule has 0 N–H and O–H groups in total. The van der Waals surface area contributed by atoms with Crippen LogP contribution in [0.15, 0.2) is 26.5 Å². The molecule has 5 heteroatoms. The number of hydrogen-bond donors (Lipinski definition) is 0. The van der Waals surface area contributed by atoms with Gasteiger partial charge in [-0.05, 0) is 36.8 Å². The van der Waals surface area contributed by atoms with Gasteiger partial charge in [0, 0.05) is 22.9 Å². The fourth-order valence-corrected chi connectivity index (χ4v) is 3.75. The van der Waals surface area contributed by atoms with Gasteiger partial charge in [0.1, 0.15) is 24.0 Å². The summed E-state index contributed by atoms with van der Waals surface area (Å²) >= 11 is 0. The molecule has 0 fully saturated rings. The highest BCUT2D eigenvalue weighted by Gasteiger charge is 2.22. The Kier molecular flexibility index (Phi) is 5.24. The quantitative estimate of drug-likeness (QED) is 0.797. The smallest absolute Gasteiger partial charge is 0.212 e. The number of rotatable bonds is 4. The summed E-state index contributed by atoms with van der Waals surface area (Å²) in [5.41, 5.74) is 3.87. The maximum Gasteiger partial charge on any atom is 0.212 e. The Hall–Kier alpha value is -2.56. The number of fused-ring (bicyclic) bond motifs is 1. The summed E-state index contributed by atoms with van der Waals surface area (Å²) in [6.45, 7) is 14.1. The molecule has 0 spiro atoms. The average Bonchev–Trinajstić information content (AvgIpc) is 3.38. The molecular weight excluding hydrogens is 364 g/mol. The van der Waals surface area contributed by atoms with Crippen LogP contribution in [-0.4, -0.2) is 37.1 Å². The largest absolute Gasteiger partial charge is 0.476 e. The molecule has 4 rings (SSSR count). The van der Waals surface area contributed by atoms with Gasteiger partial charge in [-0.25, -0.2) is 9.98 Å². The molecule has 154 valence electrons. The van der Waals surface area contributed by atoms with Crippen LogP contribution in [-0.2, 0) is 9.47 Å². The summed E-state index contributed by atoms with van der Waals surface area (Å²) in [7, 11) is 0. The zero-order valence-corrected chi connectivity index (χ0v) is 18.2. The van der Waals surface area contributed by atoms with E-state index in [0.717, 1.165) is 32.7 Å². The topological polar surface area (TPSA) is 56.3 Å². The first kappa shape index (κ1) is 19.7. The van der Waals surface area contributed by atoms with E-state index < -0.39 is 0 Å². The van der Waals surface area contributed by atoms with Crippen LogP contribution in [0.5, 0.6) is 0 Å². The van der Waals surface area contributed by atoms with Crippen molar-refractivity contribution in [2.24, 2.45) is 21.8 Å². The summed E-state index contributed by atoms with van der Waals surface area (Å²) < 4.78 is 17.9. The van der Waals surface area contributed by atoms with Crippen molar-refractivity contribution in [3.63, 3.8) is 0 Å². The van der Waals surface area contributed by atoms with Gasteiger partial charge in [-0.2, -0.15) is 0 Å². The van der Waals surface area contributed by atoms with Gasteiger partial charge in [0.2, 0.25) is 11.8 Å². The lowest BCUT2D eigenvalue weighted by Gasteiger charge is -2.06. The molecule has 2 atom stereocenters. The van der Waals surface area contributed by atoms with Crippen molar-refractivity contribution >= 4 is 34.7 Å². The Labute approximate surface area is 171 Å². The molecular formula is C24H30N2O3. The van der Waals surface area contributed by atoms with Crippen LogP contribution in [0.3, 0.4) is 0 Å². The second-order valence-electron chi connectivity index (χ2n) is 8.75. The minimum atomic E-state index is 0.200. The van der Waals surface area contributed by atoms with Gasteiger partial charge < -0.3 is 13.9 Å². The summed E-state index contributed by atoms with van der Waals surface area (Å²) in [5.74, 6) is 2.18. The van der Waals surface area contributed by atoms with Crippen molar-refractivity contribution < 1.29 is 13.9 Å². The molecule has 2 aromatic rings. The summed E-state index contributed by atoms with van der Waals surface area (Å²) in [4.78, 5) is 9.41. The van der Waals surface area contributed by atoms with Crippen LogP contribution < -0.4 is 10.8 Å². The minimum Gasteiger partial charge on any atom is -0.476 e. The zero-order chi connectivity index (χ0) is 20.7. The first-order valence-corrected chi connectivity index (χ1v) is 10.5. The molecule has 0 saturated carbocycles. The Bertz CT molecular complexity index is 1020. The van der Waals surface area contributed by atoms with Crippen LogP contribution in [0, 0.1) is 25.7 Å². The molecule has 0 unspecified atom stereocenters. The van der Waals surface area contributed by atoms with Gasteiger partial charge in [0.25, 0.3) is 0 Å². The van der Waals surface area contributed by atoms with E-state index in [2.05, 4.69) is 53.7 Å². The average molecular weight is 395 g/mol. The Balaban J connectivity index is 1.87. The van der Waals surface area contributed by atoms with E-state index in [1.165, 1.54) is 0 Å². The molecule has 1 aromatic carbocycles. The maximum atomic E-state index is 6.31. The first-order valence-electron chi connectivity index (χ1n) is 10.5. The van der Waals surface area contributed by atoms with E-state index in [9.17, 15) is 0 Å². The van der Waals surface area contributed by atoms with Crippen molar-refractivity contribution in [1.82, 2.24) is 0 Å². The molecule has 2 aliphatic heterocycles. The predicted molar refractivity (Wildman–Crippen MR) is 118 cm³/mol. The SMILES string of the molecule is Cc1ccc(C)c2/c(=C/C3=N[C@@H](C(C)C)CO3)o/c(=C\C3=N[C@@H](C(C)C)CO3)c12. The molecule has 0 saturated heterocycles. The van der Waals surface area contributed by atoms with Crippen LogP contribution in [0.2, 0.25) is 0 Å².